The number of hydrogen-bond donors (Lipinski definition) is 1. The van der Waals surface area contributed by atoms with Crippen LogP contribution in [0.25, 0.3) is 0 Å². The van der Waals surface area contributed by atoms with Gasteiger partial charge in [-0.3, -0.25) is 0 Å². The molecule has 0 bridgehead atoms. The molecule has 1 aliphatic heterocycles. The summed E-state index contributed by atoms with van der Waals surface area (Å²) in [5, 5.41) is 0. The molecule has 0 fully saturated rings. The summed E-state index contributed by atoms with van der Waals surface area (Å²) < 4.78 is 5.74. The normalized spacial score (nSPS) is 19.1. The second-order valence-electron chi connectivity index (χ2n) is 5.60. The molecule has 0 aromatic heterocycles. The fraction of sp³-hybridized carbons (Fsp3) is 0.333. The van der Waals surface area contributed by atoms with E-state index in [4.69, 9.17) is 10.5 Å². The van der Waals surface area contributed by atoms with Crippen molar-refractivity contribution in [2.45, 2.75) is 32.2 Å². The van der Waals surface area contributed by atoms with Gasteiger partial charge in [0.25, 0.3) is 0 Å². The van der Waals surface area contributed by atoms with Gasteiger partial charge in [0.05, 0.1) is 6.61 Å². The first-order valence-corrected chi connectivity index (χ1v) is 7.22. The quantitative estimate of drug-likeness (QED) is 0.896. The zero-order valence-corrected chi connectivity index (χ0v) is 12.1. The number of benzene rings is 2. The predicted molar refractivity (Wildman–Crippen MR) is 82.1 cm³/mol. The molecule has 1 heterocycles. The molecule has 104 valence electrons. The zero-order chi connectivity index (χ0) is 14.1. The van der Waals surface area contributed by atoms with E-state index >= 15 is 0 Å². The zero-order valence-electron chi connectivity index (χ0n) is 12.1. The number of rotatable bonds is 2. The minimum atomic E-state index is 0.0277. The molecule has 0 amide bonds. The van der Waals surface area contributed by atoms with Crippen LogP contribution in [0, 0.1) is 13.8 Å². The molecule has 3 rings (SSSR count). The van der Waals surface area contributed by atoms with Crippen molar-refractivity contribution in [3.05, 3.63) is 64.7 Å². The first kappa shape index (κ1) is 13.2. The number of ether oxygens (including phenoxy) is 1. The van der Waals surface area contributed by atoms with Gasteiger partial charge in [0.15, 0.2) is 0 Å². The van der Waals surface area contributed by atoms with E-state index in [-0.39, 0.29) is 6.04 Å². The molecule has 2 nitrogen and oxygen atoms in total. The summed E-state index contributed by atoms with van der Waals surface area (Å²) in [6, 6.07) is 14.7. The van der Waals surface area contributed by atoms with Crippen molar-refractivity contribution in [3.8, 4) is 5.75 Å². The van der Waals surface area contributed by atoms with Crippen LogP contribution in [0.1, 0.15) is 40.6 Å². The van der Waals surface area contributed by atoms with Gasteiger partial charge >= 0.3 is 0 Å². The van der Waals surface area contributed by atoms with E-state index < -0.39 is 0 Å². The number of hydrogen-bond acceptors (Lipinski definition) is 2. The Morgan fingerprint density at radius 1 is 1.10 bits per heavy atom. The van der Waals surface area contributed by atoms with Gasteiger partial charge < -0.3 is 10.5 Å². The summed E-state index contributed by atoms with van der Waals surface area (Å²) >= 11 is 0. The van der Waals surface area contributed by atoms with Crippen LogP contribution in [0.15, 0.2) is 42.5 Å². The van der Waals surface area contributed by atoms with Crippen molar-refractivity contribution in [2.24, 2.45) is 5.73 Å². The van der Waals surface area contributed by atoms with Crippen LogP contribution < -0.4 is 10.5 Å². The minimum Gasteiger partial charge on any atom is -0.493 e. The molecular weight excluding hydrogens is 246 g/mol. The van der Waals surface area contributed by atoms with Crippen LogP contribution in [0.4, 0.5) is 0 Å². The van der Waals surface area contributed by atoms with E-state index in [9.17, 15) is 0 Å². The van der Waals surface area contributed by atoms with E-state index in [1.165, 1.54) is 22.3 Å². The van der Waals surface area contributed by atoms with Gasteiger partial charge in [-0.25, -0.2) is 0 Å². The molecule has 2 N–H and O–H groups in total. The fourth-order valence-corrected chi connectivity index (χ4v) is 3.09. The molecular formula is C18H21NO. The Balaban J connectivity index is 2.00. The molecule has 0 spiro atoms. The third-order valence-electron chi connectivity index (χ3n) is 4.44. The molecule has 2 atom stereocenters. The summed E-state index contributed by atoms with van der Waals surface area (Å²) in [7, 11) is 0. The number of nitrogens with two attached hydrogens (primary N) is 1. The van der Waals surface area contributed by atoms with Gasteiger partial charge in [-0.05, 0) is 48.6 Å². The van der Waals surface area contributed by atoms with Crippen LogP contribution >= 0.6 is 0 Å². The Labute approximate surface area is 120 Å². The molecule has 0 saturated carbocycles. The topological polar surface area (TPSA) is 35.2 Å². The third-order valence-corrected chi connectivity index (χ3v) is 4.44. The van der Waals surface area contributed by atoms with Crippen LogP contribution in [-0.4, -0.2) is 6.61 Å². The molecule has 1 aliphatic rings. The average Bonchev–Trinajstić information content (AvgIpc) is 2.49. The molecule has 0 saturated heterocycles. The van der Waals surface area contributed by atoms with Gasteiger partial charge in [-0.15, -0.1) is 0 Å². The van der Waals surface area contributed by atoms with E-state index in [0.717, 1.165) is 18.8 Å². The summed E-state index contributed by atoms with van der Waals surface area (Å²) in [4.78, 5) is 0. The lowest BCUT2D eigenvalue weighted by Gasteiger charge is -2.31. The number of para-hydroxylation sites is 1. The fourth-order valence-electron chi connectivity index (χ4n) is 3.09. The Morgan fingerprint density at radius 3 is 2.75 bits per heavy atom. The van der Waals surface area contributed by atoms with Crippen molar-refractivity contribution in [1.29, 1.82) is 0 Å². The number of fused-ring (bicyclic) bond motifs is 1. The van der Waals surface area contributed by atoms with Crippen molar-refractivity contribution in [2.75, 3.05) is 6.61 Å². The molecule has 2 unspecified atom stereocenters. The second-order valence-corrected chi connectivity index (χ2v) is 5.60. The molecule has 2 heteroatoms. The summed E-state index contributed by atoms with van der Waals surface area (Å²) in [5.74, 6) is 1.32. The summed E-state index contributed by atoms with van der Waals surface area (Å²) in [5.41, 5.74) is 11.7. The van der Waals surface area contributed by atoms with Crippen molar-refractivity contribution in [3.63, 3.8) is 0 Å². The highest BCUT2D eigenvalue weighted by molar-refractivity contribution is 5.42. The van der Waals surface area contributed by atoms with Crippen LogP contribution in [0.3, 0.4) is 0 Å². The molecule has 20 heavy (non-hydrogen) atoms. The second kappa shape index (κ2) is 5.29. The monoisotopic (exact) mass is 267 g/mol. The van der Waals surface area contributed by atoms with Crippen LogP contribution in [0.5, 0.6) is 5.75 Å². The maximum atomic E-state index is 6.60. The molecule has 0 radical (unpaired) electrons. The van der Waals surface area contributed by atoms with Gasteiger partial charge in [0.2, 0.25) is 0 Å². The Kier molecular flexibility index (Phi) is 3.49. The Hall–Kier alpha value is -1.80. The van der Waals surface area contributed by atoms with Crippen LogP contribution in [-0.2, 0) is 0 Å². The molecule has 2 aromatic carbocycles. The van der Waals surface area contributed by atoms with E-state index in [2.05, 4.69) is 44.2 Å². The largest absolute Gasteiger partial charge is 0.493 e. The molecule has 2 aromatic rings. The maximum absolute atomic E-state index is 6.60. The van der Waals surface area contributed by atoms with Gasteiger partial charge in [-0.2, -0.15) is 0 Å². The highest BCUT2D eigenvalue weighted by Gasteiger charge is 2.28. The van der Waals surface area contributed by atoms with Crippen molar-refractivity contribution in [1.82, 2.24) is 0 Å². The highest BCUT2D eigenvalue weighted by atomic mass is 16.5. The van der Waals surface area contributed by atoms with Gasteiger partial charge in [0, 0.05) is 12.0 Å². The first-order valence-electron chi connectivity index (χ1n) is 7.22. The Morgan fingerprint density at radius 2 is 1.90 bits per heavy atom. The lowest BCUT2D eigenvalue weighted by molar-refractivity contribution is 0.255. The predicted octanol–water partition coefficient (Wildman–Crippen LogP) is 3.87. The smallest absolute Gasteiger partial charge is 0.122 e. The highest BCUT2D eigenvalue weighted by Crippen LogP contribution is 2.40. The maximum Gasteiger partial charge on any atom is 0.122 e. The summed E-state index contributed by atoms with van der Waals surface area (Å²) in [6.45, 7) is 5.06. The van der Waals surface area contributed by atoms with E-state index in [1.807, 2.05) is 12.1 Å². The number of aryl methyl sites for hydroxylation is 1. The van der Waals surface area contributed by atoms with E-state index in [0.29, 0.717) is 5.92 Å². The first-order chi connectivity index (χ1) is 9.68. The molecule has 0 aliphatic carbocycles. The SMILES string of the molecule is Cc1cccc(C(N)C2CCOc3ccccc32)c1C. The van der Waals surface area contributed by atoms with Crippen molar-refractivity contribution >= 4 is 0 Å². The van der Waals surface area contributed by atoms with Gasteiger partial charge in [0.1, 0.15) is 5.75 Å². The minimum absolute atomic E-state index is 0.0277. The van der Waals surface area contributed by atoms with Crippen molar-refractivity contribution < 1.29 is 4.74 Å². The summed E-state index contributed by atoms with van der Waals surface area (Å²) in [6.07, 6.45) is 0.978. The average molecular weight is 267 g/mol. The lowest BCUT2D eigenvalue weighted by atomic mass is 9.82. The third kappa shape index (κ3) is 2.20. The lowest BCUT2D eigenvalue weighted by Crippen LogP contribution is -2.26. The Bertz CT molecular complexity index is 621. The van der Waals surface area contributed by atoms with E-state index in [1.54, 1.807) is 0 Å². The van der Waals surface area contributed by atoms with Crippen LogP contribution in [0.2, 0.25) is 0 Å². The van der Waals surface area contributed by atoms with Gasteiger partial charge in [-0.1, -0.05) is 36.4 Å². The standard InChI is InChI=1S/C18H21NO/c1-12-6-5-8-14(13(12)2)18(19)16-10-11-20-17-9-4-3-7-15(16)17/h3-9,16,18H,10-11,19H2,1-2H3.